The predicted molar refractivity (Wildman–Crippen MR) is 129 cm³/mol. The molecule has 164 valence electrons. The predicted octanol–water partition coefficient (Wildman–Crippen LogP) is 6.75. The van der Waals surface area contributed by atoms with Crippen molar-refractivity contribution in [2.24, 2.45) is 0 Å². The first-order chi connectivity index (χ1) is 14.6. The summed E-state index contributed by atoms with van der Waals surface area (Å²) < 4.78 is 8.42. The van der Waals surface area contributed by atoms with Gasteiger partial charge >= 0.3 is 0 Å². The minimum Gasteiger partial charge on any atom is -0.369 e. The molecule has 3 aromatic rings. The lowest BCUT2D eigenvalue weighted by molar-refractivity contribution is -0.0542. The lowest BCUT2D eigenvalue weighted by Crippen LogP contribution is -2.33. The first-order valence-electron chi connectivity index (χ1n) is 11.2. The SMILES string of the molecule is CCCCCCSc1nnc2c3c4c(sc3nc(SCCC)n12)COC(C)(CC)C4. The third kappa shape index (κ3) is 4.38. The number of unbranched alkanes of at least 4 members (excludes halogenated alkanes) is 3. The van der Waals surface area contributed by atoms with E-state index in [1.54, 1.807) is 11.3 Å². The second kappa shape index (κ2) is 9.76. The molecule has 1 atom stereocenters. The van der Waals surface area contributed by atoms with Crippen molar-refractivity contribution in [3.63, 3.8) is 0 Å². The Morgan fingerprint density at radius 1 is 1.03 bits per heavy atom. The summed E-state index contributed by atoms with van der Waals surface area (Å²) in [6.07, 6.45) is 8.13. The van der Waals surface area contributed by atoms with Crippen LogP contribution in [0.3, 0.4) is 0 Å². The summed E-state index contributed by atoms with van der Waals surface area (Å²) in [5.41, 5.74) is 2.25. The van der Waals surface area contributed by atoms with Crippen molar-refractivity contribution >= 4 is 50.7 Å². The van der Waals surface area contributed by atoms with Gasteiger partial charge < -0.3 is 4.74 Å². The highest BCUT2D eigenvalue weighted by atomic mass is 32.2. The molecule has 0 spiro atoms. The molecule has 0 N–H and O–H groups in total. The number of nitrogens with zero attached hydrogens (tertiary/aromatic N) is 4. The zero-order valence-corrected chi connectivity index (χ0v) is 20.9. The van der Waals surface area contributed by atoms with E-state index < -0.39 is 0 Å². The Bertz CT molecular complexity index is 1020. The lowest BCUT2D eigenvalue weighted by atomic mass is 9.90. The maximum atomic E-state index is 6.20. The van der Waals surface area contributed by atoms with Gasteiger partial charge in [-0.05, 0) is 31.7 Å². The lowest BCUT2D eigenvalue weighted by Gasteiger charge is -2.33. The fourth-order valence-corrected chi connectivity index (χ4v) is 6.81. The van der Waals surface area contributed by atoms with Crippen LogP contribution in [0.1, 0.15) is 76.7 Å². The fraction of sp³-hybridized carbons (Fsp3) is 0.682. The Balaban J connectivity index is 1.76. The Hall–Kier alpha value is -0.830. The van der Waals surface area contributed by atoms with E-state index in [0.29, 0.717) is 6.61 Å². The molecule has 0 fully saturated rings. The highest BCUT2D eigenvalue weighted by Crippen LogP contribution is 2.42. The van der Waals surface area contributed by atoms with Crippen molar-refractivity contribution < 1.29 is 4.74 Å². The molecule has 1 unspecified atom stereocenters. The average molecular weight is 465 g/mol. The van der Waals surface area contributed by atoms with E-state index in [1.807, 2.05) is 23.5 Å². The maximum Gasteiger partial charge on any atom is 0.197 e. The number of ether oxygens (including phenoxy) is 1. The summed E-state index contributed by atoms with van der Waals surface area (Å²) in [4.78, 5) is 7.50. The van der Waals surface area contributed by atoms with Gasteiger partial charge in [-0.2, -0.15) is 0 Å². The molecule has 30 heavy (non-hydrogen) atoms. The van der Waals surface area contributed by atoms with Gasteiger partial charge in [0.15, 0.2) is 16.0 Å². The topological polar surface area (TPSA) is 52.3 Å². The summed E-state index contributed by atoms with van der Waals surface area (Å²) in [5, 5.41) is 12.5. The van der Waals surface area contributed by atoms with E-state index in [-0.39, 0.29) is 5.60 Å². The van der Waals surface area contributed by atoms with Crippen molar-refractivity contribution in [1.82, 2.24) is 19.6 Å². The van der Waals surface area contributed by atoms with E-state index in [0.717, 1.165) is 51.6 Å². The van der Waals surface area contributed by atoms with Gasteiger partial charge in [-0.15, -0.1) is 21.5 Å². The molecule has 3 aromatic heterocycles. The summed E-state index contributed by atoms with van der Waals surface area (Å²) in [6.45, 7) is 9.57. The first-order valence-corrected chi connectivity index (χ1v) is 14.0. The number of hydrogen-bond donors (Lipinski definition) is 0. The highest BCUT2D eigenvalue weighted by Gasteiger charge is 2.33. The average Bonchev–Trinajstić information content (AvgIpc) is 3.32. The second-order valence-corrected chi connectivity index (χ2v) is 11.5. The van der Waals surface area contributed by atoms with Crippen molar-refractivity contribution in [3.05, 3.63) is 10.4 Å². The molecule has 4 rings (SSSR count). The van der Waals surface area contributed by atoms with Gasteiger partial charge in [0.05, 0.1) is 17.6 Å². The van der Waals surface area contributed by atoms with Crippen molar-refractivity contribution in [3.8, 4) is 0 Å². The molecule has 0 bridgehead atoms. The van der Waals surface area contributed by atoms with Crippen LogP contribution in [-0.4, -0.2) is 36.7 Å². The van der Waals surface area contributed by atoms with Crippen molar-refractivity contribution in [2.75, 3.05) is 11.5 Å². The third-order valence-corrected chi connectivity index (χ3v) is 9.09. The second-order valence-electron chi connectivity index (χ2n) is 8.25. The van der Waals surface area contributed by atoms with Gasteiger partial charge in [0.25, 0.3) is 0 Å². The summed E-state index contributed by atoms with van der Waals surface area (Å²) in [7, 11) is 0. The van der Waals surface area contributed by atoms with Crippen molar-refractivity contribution in [2.45, 2.75) is 95.2 Å². The van der Waals surface area contributed by atoms with Gasteiger partial charge in [0, 0.05) is 22.8 Å². The van der Waals surface area contributed by atoms with Crippen LogP contribution in [0.15, 0.2) is 10.3 Å². The number of fused-ring (bicyclic) bond motifs is 5. The van der Waals surface area contributed by atoms with Gasteiger partial charge in [0.2, 0.25) is 0 Å². The molecule has 4 heterocycles. The zero-order valence-electron chi connectivity index (χ0n) is 18.5. The number of rotatable bonds is 10. The largest absolute Gasteiger partial charge is 0.369 e. The molecule has 5 nitrogen and oxygen atoms in total. The van der Waals surface area contributed by atoms with E-state index >= 15 is 0 Å². The van der Waals surface area contributed by atoms with Crippen LogP contribution in [-0.2, 0) is 17.8 Å². The molecule has 0 aromatic carbocycles. The summed E-state index contributed by atoms with van der Waals surface area (Å²) >= 11 is 5.41. The number of thiophene rings is 1. The smallest absolute Gasteiger partial charge is 0.197 e. The maximum absolute atomic E-state index is 6.20. The molecular formula is C22H32N4OS3. The van der Waals surface area contributed by atoms with Crippen LogP contribution in [0.4, 0.5) is 0 Å². The minimum absolute atomic E-state index is 0.107. The Morgan fingerprint density at radius 2 is 1.87 bits per heavy atom. The van der Waals surface area contributed by atoms with Gasteiger partial charge in [-0.25, -0.2) is 9.38 Å². The number of aromatic nitrogens is 4. The van der Waals surface area contributed by atoms with Gasteiger partial charge in [-0.1, -0.05) is 63.6 Å². The molecule has 0 saturated heterocycles. The molecule has 0 saturated carbocycles. The van der Waals surface area contributed by atoms with Crippen LogP contribution in [0.5, 0.6) is 0 Å². The molecule has 0 amide bonds. The van der Waals surface area contributed by atoms with Crippen molar-refractivity contribution in [1.29, 1.82) is 0 Å². The number of hydrogen-bond acceptors (Lipinski definition) is 7. The fourth-order valence-electron chi connectivity index (χ4n) is 3.82. The summed E-state index contributed by atoms with van der Waals surface area (Å²) in [5.74, 6) is 2.13. The van der Waals surface area contributed by atoms with Gasteiger partial charge in [0.1, 0.15) is 4.83 Å². The van der Waals surface area contributed by atoms with E-state index in [2.05, 4.69) is 42.3 Å². The minimum atomic E-state index is -0.107. The van der Waals surface area contributed by atoms with E-state index in [1.165, 1.54) is 41.5 Å². The monoisotopic (exact) mass is 464 g/mol. The molecule has 0 aliphatic carbocycles. The molecule has 1 aliphatic heterocycles. The highest BCUT2D eigenvalue weighted by molar-refractivity contribution is 7.99. The van der Waals surface area contributed by atoms with E-state index in [9.17, 15) is 0 Å². The first kappa shape index (κ1) is 22.4. The number of thioether (sulfide) groups is 2. The molecule has 0 radical (unpaired) electrons. The Labute approximate surface area is 191 Å². The zero-order chi connectivity index (χ0) is 21.1. The molecule has 8 heteroatoms. The Kier molecular flexibility index (Phi) is 7.27. The standard InChI is InChI=1S/C22H32N4OS3/c1-5-8-9-10-12-29-21-25-24-18-17-15-13-22(4,7-3)27-14-16(15)30-19(17)23-20(26(18)21)28-11-6-2/h5-14H2,1-4H3. The van der Waals surface area contributed by atoms with Crippen LogP contribution in [0, 0.1) is 0 Å². The third-order valence-electron chi connectivity index (χ3n) is 5.83. The molecule has 1 aliphatic rings. The summed E-state index contributed by atoms with van der Waals surface area (Å²) in [6, 6.07) is 0. The van der Waals surface area contributed by atoms with Crippen LogP contribution in [0.2, 0.25) is 0 Å². The van der Waals surface area contributed by atoms with Crippen LogP contribution in [0.25, 0.3) is 15.9 Å². The quantitative estimate of drug-likeness (QED) is 0.188. The van der Waals surface area contributed by atoms with Crippen LogP contribution >= 0.6 is 34.9 Å². The van der Waals surface area contributed by atoms with Crippen LogP contribution < -0.4 is 0 Å². The normalized spacial score (nSPS) is 19.1. The van der Waals surface area contributed by atoms with E-state index in [4.69, 9.17) is 9.72 Å². The van der Waals surface area contributed by atoms with Gasteiger partial charge in [-0.3, -0.25) is 0 Å². The molecular weight excluding hydrogens is 432 g/mol. The Morgan fingerprint density at radius 3 is 2.63 bits per heavy atom.